The Bertz CT molecular complexity index is 815. The molecule has 0 saturated carbocycles. The summed E-state index contributed by atoms with van der Waals surface area (Å²) in [7, 11) is 0. The fourth-order valence-corrected chi connectivity index (χ4v) is 4.00. The molecule has 0 bridgehead atoms. The van der Waals surface area contributed by atoms with Gasteiger partial charge < -0.3 is 18.9 Å². The molecule has 2 aromatic rings. The van der Waals surface area contributed by atoms with Crippen LogP contribution in [-0.2, 0) is 25.6 Å². The molecule has 0 unspecified atom stereocenters. The van der Waals surface area contributed by atoms with Gasteiger partial charge in [-0.3, -0.25) is 4.90 Å². The molecule has 6 nitrogen and oxygen atoms in total. The van der Waals surface area contributed by atoms with Crippen molar-refractivity contribution in [3.8, 4) is 0 Å². The van der Waals surface area contributed by atoms with E-state index in [-0.39, 0.29) is 30.3 Å². The summed E-state index contributed by atoms with van der Waals surface area (Å²) in [6, 6.07) is 19.8. The lowest BCUT2D eigenvalue weighted by atomic mass is 10.0. The lowest BCUT2D eigenvalue weighted by Crippen LogP contribution is -2.42. The highest BCUT2D eigenvalue weighted by Crippen LogP contribution is 2.41. The van der Waals surface area contributed by atoms with E-state index in [9.17, 15) is 4.79 Å². The third kappa shape index (κ3) is 4.67. The molecule has 2 aliphatic rings. The molecule has 2 saturated heterocycles. The van der Waals surface area contributed by atoms with Crippen molar-refractivity contribution in [2.75, 3.05) is 19.8 Å². The second-order valence-electron chi connectivity index (χ2n) is 7.80. The normalized spacial score (nSPS) is 26.4. The summed E-state index contributed by atoms with van der Waals surface area (Å²) in [6.45, 7) is 5.83. The molecule has 6 heteroatoms. The second-order valence-corrected chi connectivity index (χ2v) is 7.80. The molecular formula is C24H29NO5. The number of hydrogen-bond acceptors (Lipinski definition) is 5. The van der Waals surface area contributed by atoms with E-state index in [1.807, 2.05) is 55.5 Å². The maximum absolute atomic E-state index is 12.7. The van der Waals surface area contributed by atoms with Gasteiger partial charge in [-0.15, -0.1) is 0 Å². The molecule has 5 atom stereocenters. The molecular weight excluding hydrogens is 382 g/mol. The Morgan fingerprint density at radius 3 is 2.53 bits per heavy atom. The van der Waals surface area contributed by atoms with Gasteiger partial charge in [-0.1, -0.05) is 67.6 Å². The van der Waals surface area contributed by atoms with Crippen molar-refractivity contribution in [1.82, 2.24) is 4.90 Å². The van der Waals surface area contributed by atoms with Crippen LogP contribution in [0.3, 0.4) is 0 Å². The summed E-state index contributed by atoms with van der Waals surface area (Å²) in [4.78, 5) is 14.4. The van der Waals surface area contributed by atoms with Crippen LogP contribution in [0.1, 0.15) is 31.0 Å². The number of carbonyl (C=O) groups excluding carboxylic acids is 1. The van der Waals surface area contributed by atoms with Crippen molar-refractivity contribution in [2.24, 2.45) is 5.92 Å². The number of amides is 1. The zero-order valence-corrected chi connectivity index (χ0v) is 17.5. The third-order valence-electron chi connectivity index (χ3n) is 5.59. The van der Waals surface area contributed by atoms with Gasteiger partial charge in [0, 0.05) is 5.92 Å². The third-order valence-corrected chi connectivity index (χ3v) is 5.59. The molecule has 2 aliphatic heterocycles. The van der Waals surface area contributed by atoms with E-state index in [4.69, 9.17) is 18.9 Å². The summed E-state index contributed by atoms with van der Waals surface area (Å²) in [6.07, 6.45) is -0.984. The van der Waals surface area contributed by atoms with Gasteiger partial charge in [0.1, 0.15) is 6.10 Å². The van der Waals surface area contributed by atoms with Crippen LogP contribution in [-0.4, -0.2) is 49.2 Å². The summed E-state index contributed by atoms with van der Waals surface area (Å²) in [5, 5.41) is 0. The molecule has 0 radical (unpaired) electrons. The molecule has 2 heterocycles. The first-order valence-electron chi connectivity index (χ1n) is 10.6. The number of epoxide rings is 1. The predicted molar refractivity (Wildman–Crippen MR) is 112 cm³/mol. The topological polar surface area (TPSA) is 60.5 Å². The SMILES string of the molecule is CCOC(=O)N1[C@@H]([C@@H]2O[C@@H]2[C@H](C)COCc2ccccc2)OC[C@H]1c1ccccc1. The van der Waals surface area contributed by atoms with Gasteiger partial charge in [0.15, 0.2) is 6.23 Å². The van der Waals surface area contributed by atoms with Gasteiger partial charge in [-0.25, -0.2) is 4.79 Å². The first-order chi connectivity index (χ1) is 14.7. The molecule has 2 fully saturated rings. The van der Waals surface area contributed by atoms with E-state index >= 15 is 0 Å². The fraction of sp³-hybridized carbons (Fsp3) is 0.458. The molecule has 4 rings (SSSR count). The Kier molecular flexibility index (Phi) is 6.67. The summed E-state index contributed by atoms with van der Waals surface area (Å²) < 4.78 is 23.2. The van der Waals surface area contributed by atoms with E-state index in [1.54, 1.807) is 4.90 Å². The standard InChI is InChI=1S/C24H29NO5/c1-3-28-24(26)25-20(19-12-8-5-9-13-19)16-29-23(25)22-21(30-22)17(2)14-27-15-18-10-6-4-7-11-18/h4-13,17,20-23H,3,14-16H2,1-2H3/t17-,20+,21-,22-,23-/m1/s1. The van der Waals surface area contributed by atoms with E-state index in [1.165, 1.54) is 0 Å². The quantitative estimate of drug-likeness (QED) is 0.611. The predicted octanol–water partition coefficient (Wildman–Crippen LogP) is 4.16. The van der Waals surface area contributed by atoms with Crippen molar-refractivity contribution in [1.29, 1.82) is 0 Å². The first kappa shape index (κ1) is 20.8. The fourth-order valence-electron chi connectivity index (χ4n) is 4.00. The number of carbonyl (C=O) groups is 1. The van der Waals surface area contributed by atoms with Crippen molar-refractivity contribution < 1.29 is 23.7 Å². The first-order valence-corrected chi connectivity index (χ1v) is 10.6. The lowest BCUT2D eigenvalue weighted by Gasteiger charge is -2.27. The highest BCUT2D eigenvalue weighted by Gasteiger charge is 2.56. The minimum absolute atomic E-state index is 0.00257. The number of hydrogen-bond donors (Lipinski definition) is 0. The lowest BCUT2D eigenvalue weighted by molar-refractivity contribution is 0.00513. The van der Waals surface area contributed by atoms with Gasteiger partial charge >= 0.3 is 6.09 Å². The monoisotopic (exact) mass is 411 g/mol. The summed E-state index contributed by atoms with van der Waals surface area (Å²) in [5.74, 6) is 0.196. The average Bonchev–Trinajstić information content (AvgIpc) is 3.45. The van der Waals surface area contributed by atoms with Crippen LogP contribution in [0.2, 0.25) is 0 Å². The number of nitrogens with zero attached hydrogens (tertiary/aromatic N) is 1. The number of ether oxygens (including phenoxy) is 4. The number of rotatable bonds is 8. The van der Waals surface area contributed by atoms with Crippen molar-refractivity contribution >= 4 is 6.09 Å². The molecule has 0 aliphatic carbocycles. The highest BCUT2D eigenvalue weighted by molar-refractivity contribution is 5.69. The molecule has 0 N–H and O–H groups in total. The molecule has 160 valence electrons. The summed E-state index contributed by atoms with van der Waals surface area (Å²) in [5.41, 5.74) is 2.18. The van der Waals surface area contributed by atoms with Crippen LogP contribution < -0.4 is 0 Å². The smallest absolute Gasteiger partial charge is 0.412 e. The van der Waals surface area contributed by atoms with E-state index in [0.29, 0.717) is 26.4 Å². The van der Waals surface area contributed by atoms with Crippen molar-refractivity contribution in [3.05, 3.63) is 71.8 Å². The highest BCUT2D eigenvalue weighted by atomic mass is 16.6. The largest absolute Gasteiger partial charge is 0.450 e. The van der Waals surface area contributed by atoms with Crippen LogP contribution in [0.15, 0.2) is 60.7 Å². The number of benzene rings is 2. The van der Waals surface area contributed by atoms with Gasteiger partial charge in [0.05, 0.1) is 38.6 Å². The average molecular weight is 411 g/mol. The second kappa shape index (κ2) is 9.60. The van der Waals surface area contributed by atoms with Crippen LogP contribution in [0.5, 0.6) is 0 Å². The van der Waals surface area contributed by atoms with Crippen molar-refractivity contribution in [3.63, 3.8) is 0 Å². The zero-order valence-electron chi connectivity index (χ0n) is 17.5. The van der Waals surface area contributed by atoms with Crippen LogP contribution in [0.25, 0.3) is 0 Å². The minimum Gasteiger partial charge on any atom is -0.450 e. The van der Waals surface area contributed by atoms with E-state index in [2.05, 4.69) is 19.1 Å². The Labute approximate surface area is 177 Å². The maximum Gasteiger partial charge on any atom is 0.412 e. The van der Waals surface area contributed by atoms with Gasteiger partial charge in [0.2, 0.25) is 0 Å². The Hall–Kier alpha value is -2.41. The Morgan fingerprint density at radius 2 is 1.83 bits per heavy atom. The van der Waals surface area contributed by atoms with Gasteiger partial charge in [-0.2, -0.15) is 0 Å². The molecule has 0 aromatic heterocycles. The maximum atomic E-state index is 12.7. The molecule has 2 aromatic carbocycles. The Balaban J connectivity index is 1.36. The van der Waals surface area contributed by atoms with E-state index < -0.39 is 6.23 Å². The van der Waals surface area contributed by atoms with Gasteiger partial charge in [-0.05, 0) is 18.1 Å². The summed E-state index contributed by atoms with van der Waals surface area (Å²) >= 11 is 0. The van der Waals surface area contributed by atoms with Crippen LogP contribution in [0.4, 0.5) is 4.79 Å². The molecule has 0 spiro atoms. The van der Waals surface area contributed by atoms with Gasteiger partial charge in [0.25, 0.3) is 0 Å². The Morgan fingerprint density at radius 1 is 1.13 bits per heavy atom. The van der Waals surface area contributed by atoms with E-state index in [0.717, 1.165) is 11.1 Å². The van der Waals surface area contributed by atoms with Crippen LogP contribution in [0, 0.1) is 5.92 Å². The molecule has 30 heavy (non-hydrogen) atoms. The zero-order chi connectivity index (χ0) is 20.9. The van der Waals surface area contributed by atoms with Crippen molar-refractivity contribution in [2.45, 2.75) is 44.9 Å². The molecule has 1 amide bonds. The minimum atomic E-state index is -0.448. The van der Waals surface area contributed by atoms with Crippen LogP contribution >= 0.6 is 0 Å².